The number of anilines is 2. The number of ether oxygens (including phenoxy) is 1. The average molecular weight is 418 g/mol. The maximum absolute atomic E-state index is 12.1. The second kappa shape index (κ2) is 9.33. The average Bonchev–Trinajstić information content (AvgIpc) is 2.61. The lowest BCUT2D eigenvalue weighted by Crippen LogP contribution is -2.28. The van der Waals surface area contributed by atoms with Crippen molar-refractivity contribution >= 4 is 46.6 Å². The van der Waals surface area contributed by atoms with Gasteiger partial charge in [-0.3, -0.25) is 10.7 Å². The van der Waals surface area contributed by atoms with E-state index >= 15 is 0 Å². The fourth-order valence-corrected chi connectivity index (χ4v) is 2.27. The molecule has 0 saturated heterocycles. The Balaban J connectivity index is 1.92. The van der Waals surface area contributed by atoms with Gasteiger partial charge in [0, 0.05) is 24.5 Å². The molecule has 0 saturated carbocycles. The highest BCUT2D eigenvalue weighted by Gasteiger charge is 2.13. The summed E-state index contributed by atoms with van der Waals surface area (Å²) in [4.78, 5) is 15.8. The molecule has 27 heavy (non-hydrogen) atoms. The largest absolute Gasteiger partial charge is 0.471 e. The van der Waals surface area contributed by atoms with E-state index in [0.717, 1.165) is 11.8 Å². The normalized spacial score (nSPS) is 10.6. The zero-order valence-corrected chi connectivity index (χ0v) is 15.2. The van der Waals surface area contributed by atoms with Crippen LogP contribution >= 0.6 is 23.2 Å². The standard InChI is InChI=1S/C16H15Cl2F2N5O2/c17-10-2-1-8(3-11(10)18)5-24-16(26)25-14-4-12(21)9(6-23-14)15(22)27-7-13(19)20/h1-4,6,13,22H,5,7H2,(H4,21,23,24,25,26). The minimum atomic E-state index is -2.71. The van der Waals surface area contributed by atoms with Crippen LogP contribution in [0.25, 0.3) is 0 Å². The first kappa shape index (κ1) is 20.7. The van der Waals surface area contributed by atoms with Crippen molar-refractivity contribution in [3.05, 3.63) is 51.6 Å². The van der Waals surface area contributed by atoms with E-state index in [1.54, 1.807) is 18.2 Å². The maximum Gasteiger partial charge on any atom is 0.320 e. The molecule has 0 aliphatic heterocycles. The minimum absolute atomic E-state index is 0.0393. The number of halogens is 4. The number of urea groups is 1. The molecule has 0 unspecified atom stereocenters. The lowest BCUT2D eigenvalue weighted by atomic mass is 10.2. The third-order valence-corrected chi connectivity index (χ3v) is 3.95. The number of amides is 2. The van der Waals surface area contributed by atoms with Crippen molar-refractivity contribution < 1.29 is 18.3 Å². The van der Waals surface area contributed by atoms with Gasteiger partial charge in [-0.15, -0.1) is 0 Å². The van der Waals surface area contributed by atoms with Crippen molar-refractivity contribution in [2.75, 3.05) is 17.7 Å². The number of nitrogen functional groups attached to an aromatic ring is 1. The minimum Gasteiger partial charge on any atom is -0.471 e. The molecule has 2 rings (SSSR count). The van der Waals surface area contributed by atoms with Gasteiger partial charge in [-0.1, -0.05) is 29.3 Å². The number of benzene rings is 1. The molecule has 2 amide bonds. The number of alkyl halides is 2. The van der Waals surface area contributed by atoms with Crippen LogP contribution in [-0.2, 0) is 11.3 Å². The summed E-state index contributed by atoms with van der Waals surface area (Å²) in [7, 11) is 0. The molecule has 0 radical (unpaired) electrons. The van der Waals surface area contributed by atoms with Gasteiger partial charge < -0.3 is 15.8 Å². The van der Waals surface area contributed by atoms with Crippen molar-refractivity contribution in [2.45, 2.75) is 13.0 Å². The van der Waals surface area contributed by atoms with E-state index < -0.39 is 25.0 Å². The summed E-state index contributed by atoms with van der Waals surface area (Å²) in [6.45, 7) is -0.724. The highest BCUT2D eigenvalue weighted by molar-refractivity contribution is 6.42. The molecular weight excluding hydrogens is 403 g/mol. The van der Waals surface area contributed by atoms with Crippen LogP contribution in [0.5, 0.6) is 0 Å². The van der Waals surface area contributed by atoms with E-state index in [1.165, 1.54) is 6.07 Å². The van der Waals surface area contributed by atoms with E-state index in [9.17, 15) is 13.6 Å². The van der Waals surface area contributed by atoms with Gasteiger partial charge in [0.1, 0.15) is 5.82 Å². The smallest absolute Gasteiger partial charge is 0.320 e. The SMILES string of the molecule is N=C(OCC(F)F)c1cnc(NC(=O)NCc2ccc(Cl)c(Cl)c2)cc1N. The number of hydrogen-bond acceptors (Lipinski definition) is 5. The van der Waals surface area contributed by atoms with Crippen molar-refractivity contribution in [2.24, 2.45) is 0 Å². The van der Waals surface area contributed by atoms with Crippen molar-refractivity contribution in [1.29, 1.82) is 5.41 Å². The first-order chi connectivity index (χ1) is 12.8. The summed E-state index contributed by atoms with van der Waals surface area (Å²) in [5.74, 6) is -0.416. The van der Waals surface area contributed by atoms with Crippen LogP contribution in [0.1, 0.15) is 11.1 Å². The van der Waals surface area contributed by atoms with Gasteiger partial charge >= 0.3 is 6.03 Å². The van der Waals surface area contributed by atoms with Gasteiger partial charge in [0.05, 0.1) is 15.6 Å². The van der Waals surface area contributed by atoms with Gasteiger partial charge in [0.25, 0.3) is 6.43 Å². The van der Waals surface area contributed by atoms with Crippen molar-refractivity contribution in [1.82, 2.24) is 10.3 Å². The van der Waals surface area contributed by atoms with Crippen LogP contribution in [0.2, 0.25) is 10.0 Å². The topological polar surface area (TPSA) is 113 Å². The Kier molecular flexibility index (Phi) is 7.14. The molecule has 1 aromatic carbocycles. The molecule has 7 nitrogen and oxygen atoms in total. The molecule has 0 spiro atoms. The van der Waals surface area contributed by atoms with E-state index in [0.29, 0.717) is 10.0 Å². The first-order valence-corrected chi connectivity index (χ1v) is 8.26. The third-order valence-electron chi connectivity index (χ3n) is 3.21. The molecule has 0 fully saturated rings. The molecule has 0 atom stereocenters. The van der Waals surface area contributed by atoms with Crippen LogP contribution in [0, 0.1) is 5.41 Å². The summed E-state index contributed by atoms with van der Waals surface area (Å²) < 4.78 is 28.8. The Labute approximate surface area is 163 Å². The molecule has 11 heteroatoms. The van der Waals surface area contributed by atoms with Gasteiger partial charge in [-0.25, -0.2) is 18.6 Å². The van der Waals surface area contributed by atoms with E-state index in [4.69, 9.17) is 34.3 Å². The van der Waals surface area contributed by atoms with Crippen molar-refractivity contribution in [3.63, 3.8) is 0 Å². The summed E-state index contributed by atoms with van der Waals surface area (Å²) in [5.41, 5.74) is 6.58. The Bertz CT molecular complexity index is 852. The highest BCUT2D eigenvalue weighted by atomic mass is 35.5. The molecule has 5 N–H and O–H groups in total. The van der Waals surface area contributed by atoms with Crippen LogP contribution in [0.3, 0.4) is 0 Å². The monoisotopic (exact) mass is 417 g/mol. The number of carbonyl (C=O) groups excluding carboxylic acids is 1. The summed E-state index contributed by atoms with van der Waals surface area (Å²) >= 11 is 11.7. The van der Waals surface area contributed by atoms with Gasteiger partial charge in [-0.2, -0.15) is 0 Å². The molecule has 144 valence electrons. The summed E-state index contributed by atoms with van der Waals surface area (Å²) in [5, 5.41) is 13.4. The zero-order valence-electron chi connectivity index (χ0n) is 13.7. The van der Waals surface area contributed by atoms with E-state index in [1.807, 2.05) is 0 Å². The summed E-state index contributed by atoms with van der Waals surface area (Å²) in [6.07, 6.45) is -1.56. The Morgan fingerprint density at radius 1 is 1.30 bits per heavy atom. The molecule has 0 aliphatic carbocycles. The van der Waals surface area contributed by atoms with E-state index in [2.05, 4.69) is 20.4 Å². The van der Waals surface area contributed by atoms with Gasteiger partial charge in [0.2, 0.25) is 5.90 Å². The Hall–Kier alpha value is -2.65. The fraction of sp³-hybridized carbons (Fsp3) is 0.188. The number of nitrogens with two attached hydrogens (primary N) is 1. The van der Waals surface area contributed by atoms with Crippen LogP contribution < -0.4 is 16.4 Å². The zero-order chi connectivity index (χ0) is 20.0. The fourth-order valence-electron chi connectivity index (χ4n) is 1.95. The lowest BCUT2D eigenvalue weighted by Gasteiger charge is -2.11. The highest BCUT2D eigenvalue weighted by Crippen LogP contribution is 2.22. The lowest BCUT2D eigenvalue weighted by molar-refractivity contribution is 0.0761. The van der Waals surface area contributed by atoms with Crippen LogP contribution in [0.4, 0.5) is 25.1 Å². The van der Waals surface area contributed by atoms with Crippen molar-refractivity contribution in [3.8, 4) is 0 Å². The predicted molar refractivity (Wildman–Crippen MR) is 99.8 cm³/mol. The maximum atomic E-state index is 12.1. The quantitative estimate of drug-likeness (QED) is 0.421. The Morgan fingerprint density at radius 3 is 2.67 bits per heavy atom. The predicted octanol–water partition coefficient (Wildman–Crippen LogP) is 3.90. The number of carbonyl (C=O) groups is 1. The third kappa shape index (κ3) is 6.22. The molecule has 1 heterocycles. The number of hydrogen-bond donors (Lipinski definition) is 4. The number of nitrogens with one attached hydrogen (secondary N) is 3. The number of aromatic nitrogens is 1. The molecule has 0 aliphatic rings. The Morgan fingerprint density at radius 2 is 2.04 bits per heavy atom. The molecular formula is C16H15Cl2F2N5O2. The second-order valence-electron chi connectivity index (χ2n) is 5.24. The second-order valence-corrected chi connectivity index (χ2v) is 6.06. The molecule has 2 aromatic rings. The summed E-state index contributed by atoms with van der Waals surface area (Å²) in [6, 6.07) is 5.69. The van der Waals surface area contributed by atoms with Gasteiger partial charge in [0.15, 0.2) is 6.61 Å². The van der Waals surface area contributed by atoms with Crippen LogP contribution in [-0.4, -0.2) is 29.9 Å². The van der Waals surface area contributed by atoms with Crippen LogP contribution in [0.15, 0.2) is 30.5 Å². The molecule has 1 aromatic heterocycles. The van der Waals surface area contributed by atoms with Gasteiger partial charge in [-0.05, 0) is 17.7 Å². The number of nitrogens with zero attached hydrogens (tertiary/aromatic N) is 1. The first-order valence-electron chi connectivity index (χ1n) is 7.50. The number of pyridine rings is 1. The van der Waals surface area contributed by atoms with E-state index in [-0.39, 0.29) is 23.6 Å². The number of rotatable bonds is 6. The molecule has 0 bridgehead atoms.